The minimum atomic E-state index is 0.821. The molecule has 3 rings (SSSR count). The molecule has 0 bridgehead atoms. The maximum absolute atomic E-state index is 6.15. The lowest BCUT2D eigenvalue weighted by Gasteiger charge is -2.22. The smallest absolute Gasteiger partial charge is 0.124 e. The lowest BCUT2D eigenvalue weighted by Crippen LogP contribution is -2.24. The van der Waals surface area contributed by atoms with E-state index in [0.29, 0.717) is 0 Å². The summed E-state index contributed by atoms with van der Waals surface area (Å²) in [5.74, 6) is 1.92. The average Bonchev–Trinajstić information content (AvgIpc) is 2.67. The molecule has 0 saturated heterocycles. The molecule has 0 aliphatic heterocycles. The van der Waals surface area contributed by atoms with Gasteiger partial charge in [0.05, 0.1) is 6.61 Å². The number of unbranched alkanes of at least 4 members (excludes halogenated alkanes) is 2. The standard InChI is InChI=1S/C23H33NO/c1-2-3-9-16-25-23-15-14-20-12-7-8-13-21(20)22(23)18-24-17-19-10-5-4-6-11-19/h7-8,12-15,19,24H,2-6,9-11,16-18H2,1H3. The Morgan fingerprint density at radius 2 is 1.84 bits per heavy atom. The fourth-order valence-electron chi connectivity index (χ4n) is 3.96. The zero-order valence-corrected chi connectivity index (χ0v) is 15.7. The zero-order chi connectivity index (χ0) is 17.3. The van der Waals surface area contributed by atoms with Crippen molar-refractivity contribution >= 4 is 10.8 Å². The van der Waals surface area contributed by atoms with Gasteiger partial charge in [0.2, 0.25) is 0 Å². The highest BCUT2D eigenvalue weighted by Crippen LogP contribution is 2.29. The molecule has 0 heterocycles. The van der Waals surface area contributed by atoms with Gasteiger partial charge in [-0.25, -0.2) is 0 Å². The van der Waals surface area contributed by atoms with Crippen LogP contribution in [0.25, 0.3) is 10.8 Å². The van der Waals surface area contributed by atoms with Gasteiger partial charge < -0.3 is 10.1 Å². The number of fused-ring (bicyclic) bond motifs is 1. The summed E-state index contributed by atoms with van der Waals surface area (Å²) >= 11 is 0. The second-order valence-electron chi connectivity index (χ2n) is 7.45. The molecule has 0 radical (unpaired) electrons. The maximum atomic E-state index is 6.15. The molecule has 0 unspecified atom stereocenters. The van der Waals surface area contributed by atoms with Crippen LogP contribution in [0.15, 0.2) is 36.4 Å². The molecule has 0 aromatic heterocycles. The molecule has 2 aromatic rings. The normalized spacial score (nSPS) is 15.6. The molecule has 2 heteroatoms. The van der Waals surface area contributed by atoms with E-state index in [2.05, 4.69) is 48.6 Å². The number of ether oxygens (including phenoxy) is 1. The van der Waals surface area contributed by atoms with E-state index >= 15 is 0 Å². The van der Waals surface area contributed by atoms with E-state index in [1.807, 2.05) is 0 Å². The highest BCUT2D eigenvalue weighted by Gasteiger charge is 2.14. The Labute approximate surface area is 153 Å². The van der Waals surface area contributed by atoms with Crippen LogP contribution in [-0.4, -0.2) is 13.2 Å². The molecule has 1 fully saturated rings. The molecule has 0 spiro atoms. The highest BCUT2D eigenvalue weighted by molar-refractivity contribution is 5.87. The SMILES string of the molecule is CCCCCOc1ccc2ccccc2c1CNCC1CCCCC1. The molecule has 0 amide bonds. The van der Waals surface area contributed by atoms with Gasteiger partial charge in [0.15, 0.2) is 0 Å². The van der Waals surface area contributed by atoms with Gasteiger partial charge in [-0.1, -0.05) is 69.4 Å². The molecule has 2 nitrogen and oxygen atoms in total. The van der Waals surface area contributed by atoms with Crippen LogP contribution in [0.5, 0.6) is 5.75 Å². The monoisotopic (exact) mass is 339 g/mol. The van der Waals surface area contributed by atoms with Crippen molar-refractivity contribution in [3.8, 4) is 5.75 Å². The summed E-state index contributed by atoms with van der Waals surface area (Å²) < 4.78 is 6.15. The van der Waals surface area contributed by atoms with Crippen molar-refractivity contribution in [2.75, 3.05) is 13.2 Å². The first-order chi connectivity index (χ1) is 12.4. The van der Waals surface area contributed by atoms with Gasteiger partial charge in [-0.05, 0) is 48.6 Å². The van der Waals surface area contributed by atoms with Crippen molar-refractivity contribution in [1.82, 2.24) is 5.32 Å². The summed E-state index contributed by atoms with van der Waals surface area (Å²) in [7, 11) is 0. The van der Waals surface area contributed by atoms with Crippen molar-refractivity contribution in [2.24, 2.45) is 5.92 Å². The van der Waals surface area contributed by atoms with Gasteiger partial charge >= 0.3 is 0 Å². The first-order valence-electron chi connectivity index (χ1n) is 10.2. The molecular formula is C23H33NO. The largest absolute Gasteiger partial charge is 0.493 e. The molecule has 1 saturated carbocycles. The second-order valence-corrected chi connectivity index (χ2v) is 7.45. The van der Waals surface area contributed by atoms with Crippen LogP contribution in [-0.2, 0) is 6.54 Å². The van der Waals surface area contributed by atoms with Gasteiger partial charge in [-0.15, -0.1) is 0 Å². The second kappa shape index (κ2) is 9.82. The van der Waals surface area contributed by atoms with Crippen molar-refractivity contribution in [3.63, 3.8) is 0 Å². The quantitative estimate of drug-likeness (QED) is 0.559. The fraction of sp³-hybridized carbons (Fsp3) is 0.565. The number of hydrogen-bond acceptors (Lipinski definition) is 2. The average molecular weight is 340 g/mol. The summed E-state index contributed by atoms with van der Waals surface area (Å²) in [6, 6.07) is 13.0. The summed E-state index contributed by atoms with van der Waals surface area (Å²) in [6.45, 7) is 5.10. The van der Waals surface area contributed by atoms with Crippen LogP contribution in [0, 0.1) is 5.92 Å². The van der Waals surface area contributed by atoms with E-state index in [0.717, 1.165) is 37.8 Å². The van der Waals surface area contributed by atoms with Crippen LogP contribution < -0.4 is 10.1 Å². The van der Waals surface area contributed by atoms with E-state index in [9.17, 15) is 0 Å². The Balaban J connectivity index is 1.68. The van der Waals surface area contributed by atoms with Crippen molar-refractivity contribution in [1.29, 1.82) is 0 Å². The fourth-order valence-corrected chi connectivity index (χ4v) is 3.96. The Morgan fingerprint density at radius 1 is 1.00 bits per heavy atom. The van der Waals surface area contributed by atoms with Crippen LogP contribution in [0.2, 0.25) is 0 Å². The Hall–Kier alpha value is -1.54. The van der Waals surface area contributed by atoms with E-state index in [-0.39, 0.29) is 0 Å². The van der Waals surface area contributed by atoms with Gasteiger partial charge in [0.1, 0.15) is 5.75 Å². The molecule has 25 heavy (non-hydrogen) atoms. The molecular weight excluding hydrogens is 306 g/mol. The third-order valence-corrected chi connectivity index (χ3v) is 5.46. The van der Waals surface area contributed by atoms with Crippen LogP contribution in [0.4, 0.5) is 0 Å². The van der Waals surface area contributed by atoms with Gasteiger partial charge in [-0.2, -0.15) is 0 Å². The Bertz CT molecular complexity index is 646. The Morgan fingerprint density at radius 3 is 2.68 bits per heavy atom. The highest BCUT2D eigenvalue weighted by atomic mass is 16.5. The lowest BCUT2D eigenvalue weighted by atomic mass is 9.89. The van der Waals surface area contributed by atoms with Crippen molar-refractivity contribution in [2.45, 2.75) is 64.8 Å². The van der Waals surface area contributed by atoms with Gasteiger partial charge in [0, 0.05) is 12.1 Å². The molecule has 0 atom stereocenters. The van der Waals surface area contributed by atoms with Crippen molar-refractivity contribution in [3.05, 3.63) is 42.0 Å². The van der Waals surface area contributed by atoms with Crippen molar-refractivity contribution < 1.29 is 4.74 Å². The molecule has 136 valence electrons. The van der Waals surface area contributed by atoms with Crippen LogP contribution >= 0.6 is 0 Å². The van der Waals surface area contributed by atoms with E-state index in [1.165, 1.54) is 61.3 Å². The van der Waals surface area contributed by atoms with Crippen LogP contribution in [0.1, 0.15) is 63.9 Å². The summed E-state index contributed by atoms with van der Waals surface area (Å²) in [4.78, 5) is 0. The molecule has 2 aromatic carbocycles. The van der Waals surface area contributed by atoms with E-state index < -0.39 is 0 Å². The van der Waals surface area contributed by atoms with Crippen LogP contribution in [0.3, 0.4) is 0 Å². The number of benzene rings is 2. The van der Waals surface area contributed by atoms with E-state index in [1.54, 1.807) is 0 Å². The third kappa shape index (κ3) is 5.22. The number of hydrogen-bond donors (Lipinski definition) is 1. The van der Waals surface area contributed by atoms with Gasteiger partial charge in [-0.3, -0.25) is 0 Å². The number of nitrogens with one attached hydrogen (secondary N) is 1. The predicted octanol–water partition coefficient (Wildman–Crippen LogP) is 6.08. The molecule has 1 aliphatic rings. The van der Waals surface area contributed by atoms with E-state index in [4.69, 9.17) is 4.74 Å². The molecule has 1 aliphatic carbocycles. The first-order valence-corrected chi connectivity index (χ1v) is 10.2. The minimum absolute atomic E-state index is 0.821. The third-order valence-electron chi connectivity index (χ3n) is 5.46. The maximum Gasteiger partial charge on any atom is 0.124 e. The lowest BCUT2D eigenvalue weighted by molar-refractivity contribution is 0.301. The van der Waals surface area contributed by atoms with Gasteiger partial charge in [0.25, 0.3) is 0 Å². The predicted molar refractivity (Wildman–Crippen MR) is 107 cm³/mol. The first kappa shape index (κ1) is 18.3. The minimum Gasteiger partial charge on any atom is -0.493 e. The summed E-state index contributed by atoms with van der Waals surface area (Å²) in [5.41, 5.74) is 1.32. The number of rotatable bonds is 9. The summed E-state index contributed by atoms with van der Waals surface area (Å²) in [5, 5.41) is 6.35. The molecule has 1 N–H and O–H groups in total. The Kier molecular flexibility index (Phi) is 7.17. The topological polar surface area (TPSA) is 21.3 Å². The summed E-state index contributed by atoms with van der Waals surface area (Å²) in [6.07, 6.45) is 10.6. The zero-order valence-electron chi connectivity index (χ0n) is 15.7.